The van der Waals surface area contributed by atoms with Crippen LogP contribution >= 0.6 is 34.8 Å². The minimum atomic E-state index is -0.391. The number of imidazole rings is 1. The second kappa shape index (κ2) is 5.84. The van der Waals surface area contributed by atoms with Crippen LogP contribution in [0.3, 0.4) is 0 Å². The summed E-state index contributed by atoms with van der Waals surface area (Å²) in [5.41, 5.74) is 2.13. The van der Waals surface area contributed by atoms with E-state index in [0.717, 1.165) is 16.9 Å². The third-order valence-corrected chi connectivity index (χ3v) is 3.96. The molecule has 0 saturated heterocycles. The number of alkyl halides is 1. The Kier molecular flexibility index (Phi) is 4.07. The van der Waals surface area contributed by atoms with Gasteiger partial charge in [0.05, 0.1) is 26.8 Å². The van der Waals surface area contributed by atoms with Gasteiger partial charge in [-0.25, -0.2) is 9.37 Å². The van der Waals surface area contributed by atoms with Crippen molar-refractivity contribution in [2.24, 2.45) is 0 Å². The molecular formula is C15H10Cl3FN2. The van der Waals surface area contributed by atoms with E-state index in [1.807, 2.05) is 16.7 Å². The van der Waals surface area contributed by atoms with Crippen molar-refractivity contribution >= 4 is 45.8 Å². The smallest absolute Gasteiger partial charge is 0.124 e. The van der Waals surface area contributed by atoms with Gasteiger partial charge in [0.25, 0.3) is 0 Å². The van der Waals surface area contributed by atoms with Crippen LogP contribution in [0.4, 0.5) is 4.39 Å². The topological polar surface area (TPSA) is 17.8 Å². The average molecular weight is 344 g/mol. The van der Waals surface area contributed by atoms with Crippen LogP contribution in [-0.2, 0) is 6.42 Å². The molecule has 0 unspecified atom stereocenters. The quantitative estimate of drug-likeness (QED) is 0.594. The number of aromatic nitrogens is 2. The van der Waals surface area contributed by atoms with Gasteiger partial charge in [0.1, 0.15) is 11.6 Å². The lowest BCUT2D eigenvalue weighted by molar-refractivity contribution is 0.627. The zero-order valence-electron chi connectivity index (χ0n) is 10.8. The SMILES string of the molecule is Fc1ccc(-n2c(CCCl)nc3cccc(Cl)c32)c(Cl)c1. The Balaban J connectivity index is 2.35. The fraction of sp³-hybridized carbons (Fsp3) is 0.133. The molecule has 0 aliphatic rings. The van der Waals surface area contributed by atoms with Crippen LogP contribution < -0.4 is 0 Å². The summed E-state index contributed by atoms with van der Waals surface area (Å²) in [6.45, 7) is 0. The van der Waals surface area contributed by atoms with Gasteiger partial charge in [-0.05, 0) is 30.3 Å². The highest BCUT2D eigenvalue weighted by Crippen LogP contribution is 2.31. The van der Waals surface area contributed by atoms with Crippen molar-refractivity contribution in [3.8, 4) is 5.69 Å². The maximum atomic E-state index is 13.3. The monoisotopic (exact) mass is 342 g/mol. The second-order valence-corrected chi connectivity index (χ2v) is 5.70. The fourth-order valence-corrected chi connectivity index (χ4v) is 2.98. The molecule has 108 valence electrons. The van der Waals surface area contributed by atoms with Gasteiger partial charge in [-0.15, -0.1) is 11.6 Å². The van der Waals surface area contributed by atoms with E-state index in [0.29, 0.717) is 28.0 Å². The van der Waals surface area contributed by atoms with Crippen LogP contribution in [0, 0.1) is 5.82 Å². The van der Waals surface area contributed by atoms with Gasteiger partial charge in [0.2, 0.25) is 0 Å². The Morgan fingerprint density at radius 2 is 1.90 bits per heavy atom. The van der Waals surface area contributed by atoms with Crippen molar-refractivity contribution in [3.63, 3.8) is 0 Å². The summed E-state index contributed by atoms with van der Waals surface area (Å²) in [6.07, 6.45) is 0.556. The fourth-order valence-electron chi connectivity index (χ4n) is 2.31. The first kappa shape index (κ1) is 14.6. The molecule has 21 heavy (non-hydrogen) atoms. The number of rotatable bonds is 3. The first-order valence-electron chi connectivity index (χ1n) is 6.29. The highest BCUT2D eigenvalue weighted by Gasteiger charge is 2.16. The van der Waals surface area contributed by atoms with Crippen LogP contribution in [0.5, 0.6) is 0 Å². The Bertz CT molecular complexity index is 814. The molecule has 0 saturated carbocycles. The normalized spacial score (nSPS) is 11.2. The van der Waals surface area contributed by atoms with Crippen molar-refractivity contribution < 1.29 is 4.39 Å². The van der Waals surface area contributed by atoms with Gasteiger partial charge >= 0.3 is 0 Å². The lowest BCUT2D eigenvalue weighted by atomic mass is 10.2. The van der Waals surface area contributed by atoms with Crippen LogP contribution in [0.1, 0.15) is 5.82 Å². The van der Waals surface area contributed by atoms with E-state index in [1.165, 1.54) is 12.1 Å². The van der Waals surface area contributed by atoms with E-state index in [2.05, 4.69) is 4.98 Å². The van der Waals surface area contributed by atoms with Crippen molar-refractivity contribution in [3.05, 3.63) is 58.1 Å². The van der Waals surface area contributed by atoms with Crippen molar-refractivity contribution in [2.45, 2.75) is 6.42 Å². The maximum Gasteiger partial charge on any atom is 0.124 e. The molecule has 1 aromatic heterocycles. The first-order valence-corrected chi connectivity index (χ1v) is 7.58. The van der Waals surface area contributed by atoms with E-state index in [1.54, 1.807) is 12.1 Å². The highest BCUT2D eigenvalue weighted by molar-refractivity contribution is 6.35. The lowest BCUT2D eigenvalue weighted by Gasteiger charge is -2.11. The van der Waals surface area contributed by atoms with Gasteiger partial charge in [0, 0.05) is 12.3 Å². The first-order chi connectivity index (χ1) is 10.1. The molecule has 2 nitrogen and oxygen atoms in total. The van der Waals surface area contributed by atoms with E-state index < -0.39 is 5.82 Å². The number of nitrogens with zero attached hydrogens (tertiary/aromatic N) is 2. The minimum absolute atomic E-state index is 0.296. The Morgan fingerprint density at radius 1 is 1.10 bits per heavy atom. The third kappa shape index (κ3) is 2.61. The minimum Gasteiger partial charge on any atom is -0.293 e. The Hall–Kier alpha value is -1.29. The zero-order valence-corrected chi connectivity index (χ0v) is 13.1. The molecule has 3 aromatic rings. The number of hydrogen-bond donors (Lipinski definition) is 0. The van der Waals surface area contributed by atoms with Gasteiger partial charge in [-0.2, -0.15) is 0 Å². The van der Waals surface area contributed by atoms with Crippen LogP contribution in [-0.4, -0.2) is 15.4 Å². The van der Waals surface area contributed by atoms with Gasteiger partial charge < -0.3 is 0 Å². The maximum absolute atomic E-state index is 13.3. The van der Waals surface area contributed by atoms with Crippen molar-refractivity contribution in [2.75, 3.05) is 5.88 Å². The molecule has 0 radical (unpaired) electrons. The van der Waals surface area contributed by atoms with Crippen molar-refractivity contribution in [1.29, 1.82) is 0 Å². The van der Waals surface area contributed by atoms with Gasteiger partial charge in [-0.1, -0.05) is 29.3 Å². The molecule has 0 bridgehead atoms. The molecule has 3 rings (SSSR count). The van der Waals surface area contributed by atoms with Gasteiger partial charge in [0.15, 0.2) is 0 Å². The average Bonchev–Trinajstić information content (AvgIpc) is 2.79. The highest BCUT2D eigenvalue weighted by atomic mass is 35.5. The molecular weight excluding hydrogens is 334 g/mol. The van der Waals surface area contributed by atoms with Crippen molar-refractivity contribution in [1.82, 2.24) is 9.55 Å². The summed E-state index contributed by atoms with van der Waals surface area (Å²) < 4.78 is 15.1. The molecule has 0 fully saturated rings. The van der Waals surface area contributed by atoms with E-state index >= 15 is 0 Å². The molecule has 0 aliphatic heterocycles. The summed E-state index contributed by atoms with van der Waals surface area (Å²) in [7, 11) is 0. The number of halogens is 4. The summed E-state index contributed by atoms with van der Waals surface area (Å²) in [4.78, 5) is 4.54. The van der Waals surface area contributed by atoms with Crippen LogP contribution in [0.25, 0.3) is 16.7 Å². The molecule has 0 amide bonds. The van der Waals surface area contributed by atoms with Crippen LogP contribution in [0.15, 0.2) is 36.4 Å². The molecule has 1 heterocycles. The summed E-state index contributed by atoms with van der Waals surface area (Å²) in [5.74, 6) is 0.763. The summed E-state index contributed by atoms with van der Waals surface area (Å²) in [5, 5.41) is 0.853. The lowest BCUT2D eigenvalue weighted by Crippen LogP contribution is -2.03. The predicted molar refractivity (Wildman–Crippen MR) is 85.5 cm³/mol. The molecule has 6 heteroatoms. The van der Waals surface area contributed by atoms with E-state index in [-0.39, 0.29) is 0 Å². The number of para-hydroxylation sites is 1. The molecule has 0 spiro atoms. The Morgan fingerprint density at radius 3 is 2.62 bits per heavy atom. The number of hydrogen-bond acceptors (Lipinski definition) is 1. The van der Waals surface area contributed by atoms with Crippen LogP contribution in [0.2, 0.25) is 10.0 Å². The summed E-state index contributed by atoms with van der Waals surface area (Å²) in [6, 6.07) is 9.72. The van der Waals surface area contributed by atoms with Gasteiger partial charge in [-0.3, -0.25) is 4.57 Å². The summed E-state index contributed by atoms with van der Waals surface area (Å²) >= 11 is 18.3. The standard InChI is InChI=1S/C15H10Cl3FN2/c16-7-6-14-20-12-3-1-2-10(17)15(12)21(14)13-5-4-9(19)8-11(13)18/h1-5,8H,6-7H2. The third-order valence-electron chi connectivity index (χ3n) is 3.17. The Labute approximate surface area is 136 Å². The molecule has 0 N–H and O–H groups in total. The molecule has 0 atom stereocenters. The number of fused-ring (bicyclic) bond motifs is 1. The molecule has 0 aliphatic carbocycles. The largest absolute Gasteiger partial charge is 0.293 e. The predicted octanol–water partition coefficient (Wildman–Crippen LogP) is 5.25. The zero-order chi connectivity index (χ0) is 15.0. The second-order valence-electron chi connectivity index (χ2n) is 4.51. The number of benzene rings is 2. The van der Waals surface area contributed by atoms with E-state index in [9.17, 15) is 4.39 Å². The molecule has 2 aromatic carbocycles. The van der Waals surface area contributed by atoms with E-state index in [4.69, 9.17) is 34.8 Å². The number of aryl methyl sites for hydroxylation is 1.